The lowest BCUT2D eigenvalue weighted by molar-refractivity contribution is -0.117. The van der Waals surface area contributed by atoms with E-state index in [0.29, 0.717) is 44.1 Å². The van der Waals surface area contributed by atoms with Crippen LogP contribution in [0.3, 0.4) is 0 Å². The zero-order valence-corrected chi connectivity index (χ0v) is 20.6. The molecule has 1 atom stereocenters. The van der Waals surface area contributed by atoms with Gasteiger partial charge in [-0.05, 0) is 62.2 Å². The highest BCUT2D eigenvalue weighted by molar-refractivity contribution is 7.89. The second-order valence-electron chi connectivity index (χ2n) is 8.17. The number of anilines is 3. The number of ether oxygens (including phenoxy) is 1. The fourth-order valence-corrected chi connectivity index (χ4v) is 4.97. The van der Waals surface area contributed by atoms with Crippen LogP contribution in [0.15, 0.2) is 47.4 Å². The van der Waals surface area contributed by atoms with E-state index < -0.39 is 16.1 Å². The Kier molecular flexibility index (Phi) is 8.65. The van der Waals surface area contributed by atoms with Crippen molar-refractivity contribution >= 4 is 38.9 Å². The lowest BCUT2D eigenvalue weighted by Crippen LogP contribution is -2.40. The number of hydrogen-bond donors (Lipinski definition) is 3. The summed E-state index contributed by atoms with van der Waals surface area (Å²) in [7, 11) is -3.59. The Labute approximate surface area is 200 Å². The third-order valence-electron chi connectivity index (χ3n) is 5.58. The minimum Gasteiger partial charge on any atom is -0.379 e. The highest BCUT2D eigenvalue weighted by Crippen LogP contribution is 2.25. The molecule has 2 aromatic carbocycles. The summed E-state index contributed by atoms with van der Waals surface area (Å²) < 4.78 is 32.1. The van der Waals surface area contributed by atoms with Gasteiger partial charge < -0.3 is 20.7 Å². The number of carbonyl (C=O) groups is 2. The Hall–Kier alpha value is -2.95. The molecule has 10 heteroatoms. The maximum atomic E-state index is 12.7. The van der Waals surface area contributed by atoms with Gasteiger partial charge in [-0.1, -0.05) is 13.0 Å². The first-order valence-corrected chi connectivity index (χ1v) is 12.8. The van der Waals surface area contributed by atoms with Crippen LogP contribution in [0, 0.1) is 6.92 Å². The number of amides is 2. The third kappa shape index (κ3) is 6.34. The minimum absolute atomic E-state index is 0.0485. The number of nitrogens with zero attached hydrogens (tertiary/aromatic N) is 1. The van der Waals surface area contributed by atoms with Crippen LogP contribution in [0.2, 0.25) is 0 Å². The smallest absolute Gasteiger partial charge is 0.246 e. The van der Waals surface area contributed by atoms with E-state index in [1.165, 1.54) is 16.4 Å². The first-order valence-electron chi connectivity index (χ1n) is 11.4. The van der Waals surface area contributed by atoms with Crippen LogP contribution in [0.1, 0.15) is 32.3 Å². The van der Waals surface area contributed by atoms with Gasteiger partial charge in [0.1, 0.15) is 6.04 Å². The summed E-state index contributed by atoms with van der Waals surface area (Å²) in [6.07, 6.45) is 1.21. The lowest BCUT2D eigenvalue weighted by atomic mass is 10.1. The van der Waals surface area contributed by atoms with Crippen molar-refractivity contribution in [1.82, 2.24) is 4.31 Å². The van der Waals surface area contributed by atoms with E-state index in [1.54, 1.807) is 19.1 Å². The quantitative estimate of drug-likeness (QED) is 0.499. The number of nitrogens with one attached hydrogen (secondary N) is 3. The van der Waals surface area contributed by atoms with E-state index in [4.69, 9.17) is 4.74 Å². The Morgan fingerprint density at radius 3 is 2.32 bits per heavy atom. The minimum atomic E-state index is -3.59. The topological polar surface area (TPSA) is 117 Å². The van der Waals surface area contributed by atoms with Gasteiger partial charge >= 0.3 is 0 Å². The molecule has 1 aliphatic heterocycles. The molecule has 184 valence electrons. The number of hydrogen-bond acceptors (Lipinski definition) is 6. The molecule has 1 unspecified atom stereocenters. The monoisotopic (exact) mass is 488 g/mol. The third-order valence-corrected chi connectivity index (χ3v) is 7.49. The van der Waals surface area contributed by atoms with E-state index >= 15 is 0 Å². The molecule has 1 saturated heterocycles. The summed E-state index contributed by atoms with van der Waals surface area (Å²) in [5, 5.41) is 8.88. The fraction of sp³-hybridized carbons (Fsp3) is 0.417. The molecule has 0 radical (unpaired) electrons. The molecule has 1 aliphatic rings. The van der Waals surface area contributed by atoms with E-state index in [0.717, 1.165) is 17.7 Å². The van der Waals surface area contributed by atoms with Crippen LogP contribution in [0.25, 0.3) is 0 Å². The van der Waals surface area contributed by atoms with Crippen molar-refractivity contribution in [3.05, 3.63) is 48.0 Å². The van der Waals surface area contributed by atoms with Gasteiger partial charge in [0.25, 0.3) is 0 Å². The van der Waals surface area contributed by atoms with Crippen molar-refractivity contribution < 1.29 is 22.7 Å². The Bertz CT molecular complexity index is 1110. The first kappa shape index (κ1) is 25.7. The Balaban J connectivity index is 1.62. The summed E-state index contributed by atoms with van der Waals surface area (Å²) in [6, 6.07) is 11.0. The number of benzene rings is 2. The van der Waals surface area contributed by atoms with Crippen molar-refractivity contribution in [3.63, 3.8) is 0 Å². The Morgan fingerprint density at radius 1 is 1.03 bits per heavy atom. The standard InChI is InChI=1S/C24H32N4O5S/c1-4-6-23(29)27-22-8-5-7-21(17(22)2)25-18(3)24(30)26-19-9-11-20(12-10-19)34(31,32)28-13-15-33-16-14-28/h5,7-12,18,25H,4,6,13-16H2,1-3H3,(H,26,30)(H,27,29). The van der Waals surface area contributed by atoms with Crippen LogP contribution >= 0.6 is 0 Å². The molecule has 0 saturated carbocycles. The average Bonchev–Trinajstić information content (AvgIpc) is 2.82. The van der Waals surface area contributed by atoms with Gasteiger partial charge in [-0.15, -0.1) is 0 Å². The van der Waals surface area contributed by atoms with Crippen LogP contribution in [-0.4, -0.2) is 56.9 Å². The summed E-state index contributed by atoms with van der Waals surface area (Å²) in [4.78, 5) is 24.8. The van der Waals surface area contributed by atoms with Gasteiger partial charge in [0, 0.05) is 36.6 Å². The predicted molar refractivity (Wildman–Crippen MR) is 132 cm³/mol. The molecule has 0 bridgehead atoms. The molecular formula is C24H32N4O5S. The van der Waals surface area contributed by atoms with Crippen molar-refractivity contribution in [1.29, 1.82) is 0 Å². The zero-order valence-electron chi connectivity index (χ0n) is 19.8. The second-order valence-corrected chi connectivity index (χ2v) is 10.1. The maximum absolute atomic E-state index is 12.7. The zero-order chi connectivity index (χ0) is 24.7. The molecular weight excluding hydrogens is 456 g/mol. The van der Waals surface area contributed by atoms with Crippen LogP contribution in [0.4, 0.5) is 17.1 Å². The van der Waals surface area contributed by atoms with Gasteiger partial charge in [0.05, 0.1) is 18.1 Å². The molecule has 2 aromatic rings. The summed E-state index contributed by atoms with van der Waals surface area (Å²) in [5.41, 5.74) is 2.78. The van der Waals surface area contributed by atoms with Gasteiger partial charge in [0.15, 0.2) is 0 Å². The van der Waals surface area contributed by atoms with Crippen molar-refractivity contribution in [2.24, 2.45) is 0 Å². The maximum Gasteiger partial charge on any atom is 0.246 e. The van der Waals surface area contributed by atoms with E-state index in [9.17, 15) is 18.0 Å². The van der Waals surface area contributed by atoms with Crippen LogP contribution < -0.4 is 16.0 Å². The fourth-order valence-electron chi connectivity index (χ4n) is 3.56. The van der Waals surface area contributed by atoms with Crippen LogP contribution in [0.5, 0.6) is 0 Å². The number of sulfonamides is 1. The molecule has 0 aliphatic carbocycles. The second kappa shape index (κ2) is 11.5. The van der Waals surface area contributed by atoms with Gasteiger partial charge in [-0.25, -0.2) is 8.42 Å². The molecule has 9 nitrogen and oxygen atoms in total. The molecule has 3 rings (SSSR count). The van der Waals surface area contributed by atoms with Crippen LogP contribution in [-0.2, 0) is 24.3 Å². The molecule has 0 spiro atoms. The summed E-state index contributed by atoms with van der Waals surface area (Å²) in [5.74, 6) is -0.323. The Morgan fingerprint density at radius 2 is 1.68 bits per heavy atom. The largest absolute Gasteiger partial charge is 0.379 e. The van der Waals surface area contributed by atoms with Gasteiger partial charge in [-0.2, -0.15) is 4.31 Å². The molecule has 2 amide bonds. The summed E-state index contributed by atoms with van der Waals surface area (Å²) >= 11 is 0. The van der Waals surface area contributed by atoms with Crippen molar-refractivity contribution in [3.8, 4) is 0 Å². The van der Waals surface area contributed by atoms with E-state index in [-0.39, 0.29) is 16.7 Å². The average molecular weight is 489 g/mol. The van der Waals surface area contributed by atoms with E-state index in [2.05, 4.69) is 16.0 Å². The molecule has 1 fully saturated rings. The number of rotatable bonds is 9. The lowest BCUT2D eigenvalue weighted by Gasteiger charge is -2.26. The predicted octanol–water partition coefficient (Wildman–Crippen LogP) is 3.19. The summed E-state index contributed by atoms with van der Waals surface area (Å²) in [6.45, 7) is 6.97. The first-order chi connectivity index (χ1) is 16.2. The number of morpholine rings is 1. The van der Waals surface area contributed by atoms with Crippen molar-refractivity contribution in [2.45, 2.75) is 44.6 Å². The van der Waals surface area contributed by atoms with Gasteiger partial charge in [-0.3, -0.25) is 9.59 Å². The molecule has 3 N–H and O–H groups in total. The SMILES string of the molecule is CCCC(=O)Nc1cccc(NC(C)C(=O)Nc2ccc(S(=O)(=O)N3CCOCC3)cc2)c1C. The van der Waals surface area contributed by atoms with E-state index in [1.807, 2.05) is 32.0 Å². The normalized spacial score (nSPS) is 15.4. The molecule has 1 heterocycles. The molecule has 34 heavy (non-hydrogen) atoms. The molecule has 0 aromatic heterocycles. The highest BCUT2D eigenvalue weighted by atomic mass is 32.2. The van der Waals surface area contributed by atoms with Crippen molar-refractivity contribution in [2.75, 3.05) is 42.3 Å². The highest BCUT2D eigenvalue weighted by Gasteiger charge is 2.26. The van der Waals surface area contributed by atoms with Gasteiger partial charge in [0.2, 0.25) is 21.8 Å². The number of carbonyl (C=O) groups excluding carboxylic acids is 2.